The quantitative estimate of drug-likeness (QED) is 0.640. The van der Waals surface area contributed by atoms with Gasteiger partial charge in [-0.3, -0.25) is 4.79 Å². The molecular formula is C21H23N3O3. The summed E-state index contributed by atoms with van der Waals surface area (Å²) >= 11 is 0. The van der Waals surface area contributed by atoms with Crippen LogP contribution in [0, 0.1) is 6.92 Å². The summed E-state index contributed by atoms with van der Waals surface area (Å²) < 4.78 is 10.8. The fourth-order valence-corrected chi connectivity index (χ4v) is 2.48. The minimum absolute atomic E-state index is 0.0589. The number of benzene rings is 2. The van der Waals surface area contributed by atoms with Gasteiger partial charge in [0.05, 0.1) is 0 Å². The van der Waals surface area contributed by atoms with E-state index in [4.69, 9.17) is 9.26 Å². The number of aromatic nitrogens is 2. The van der Waals surface area contributed by atoms with Crippen LogP contribution in [0.15, 0.2) is 53.1 Å². The zero-order valence-electron chi connectivity index (χ0n) is 15.6. The molecule has 0 bridgehead atoms. The molecule has 0 aliphatic heterocycles. The van der Waals surface area contributed by atoms with E-state index in [0.717, 1.165) is 36.1 Å². The van der Waals surface area contributed by atoms with Crippen LogP contribution >= 0.6 is 0 Å². The van der Waals surface area contributed by atoms with Crippen molar-refractivity contribution < 1.29 is 14.1 Å². The van der Waals surface area contributed by atoms with Crippen molar-refractivity contribution in [2.24, 2.45) is 0 Å². The van der Waals surface area contributed by atoms with Crippen LogP contribution in [0.25, 0.3) is 11.4 Å². The number of nitrogens with one attached hydrogen (secondary N) is 1. The Balaban J connectivity index is 1.52. The van der Waals surface area contributed by atoms with Crippen LogP contribution in [0.3, 0.4) is 0 Å². The molecule has 3 aromatic rings. The lowest BCUT2D eigenvalue weighted by Gasteiger charge is -2.08. The second-order valence-electron chi connectivity index (χ2n) is 6.34. The van der Waals surface area contributed by atoms with Gasteiger partial charge in [-0.1, -0.05) is 36.2 Å². The lowest BCUT2D eigenvalue weighted by Crippen LogP contribution is -2.20. The van der Waals surface area contributed by atoms with Crippen LogP contribution in [-0.4, -0.2) is 22.7 Å². The number of rotatable bonds is 8. The number of hydrogen-bond acceptors (Lipinski definition) is 5. The molecule has 0 saturated heterocycles. The van der Waals surface area contributed by atoms with Gasteiger partial charge in [0.25, 0.3) is 5.91 Å². The molecular weight excluding hydrogens is 342 g/mol. The fourth-order valence-electron chi connectivity index (χ4n) is 2.48. The first-order valence-electron chi connectivity index (χ1n) is 9.06. The van der Waals surface area contributed by atoms with Crippen molar-refractivity contribution in [1.82, 2.24) is 10.1 Å². The first-order valence-corrected chi connectivity index (χ1v) is 9.06. The van der Waals surface area contributed by atoms with Crippen molar-refractivity contribution in [2.45, 2.75) is 33.1 Å². The first kappa shape index (κ1) is 18.6. The first-order chi connectivity index (χ1) is 13.1. The lowest BCUT2D eigenvalue weighted by atomic mass is 10.2. The number of carbonyl (C=O) groups excluding carboxylic acids is 1. The number of unbranched alkanes of at least 4 members (excludes halogenated alkanes) is 1. The van der Waals surface area contributed by atoms with Gasteiger partial charge in [-0.05, 0) is 49.7 Å². The fraction of sp³-hybridized carbons (Fsp3) is 0.286. The Bertz CT molecular complexity index is 870. The molecule has 1 N–H and O–H groups in total. The summed E-state index contributed by atoms with van der Waals surface area (Å²) in [4.78, 5) is 16.4. The Labute approximate surface area is 158 Å². The Morgan fingerprint density at radius 1 is 1.11 bits per heavy atom. The van der Waals surface area contributed by atoms with E-state index in [1.165, 1.54) is 0 Å². The third kappa shape index (κ3) is 5.41. The van der Waals surface area contributed by atoms with Crippen LogP contribution in [0.1, 0.15) is 31.2 Å². The van der Waals surface area contributed by atoms with Gasteiger partial charge in [-0.25, -0.2) is 0 Å². The van der Waals surface area contributed by atoms with Crippen molar-refractivity contribution in [2.75, 3.05) is 11.9 Å². The molecule has 6 heteroatoms. The van der Waals surface area contributed by atoms with E-state index in [-0.39, 0.29) is 12.5 Å². The number of aryl methyl sites for hydroxylation is 2. The van der Waals surface area contributed by atoms with E-state index in [0.29, 0.717) is 17.5 Å². The van der Waals surface area contributed by atoms with E-state index < -0.39 is 0 Å². The molecule has 0 atom stereocenters. The standard InChI is InChI=1S/C21H23N3O3/c1-3-4-5-20-23-21(24-27-20)16-8-12-18(13-9-16)26-14-19(25)22-17-10-6-15(2)7-11-17/h6-13H,3-5,14H2,1-2H3,(H,22,25). The number of ether oxygens (including phenoxy) is 1. The molecule has 0 aliphatic rings. The van der Waals surface area contributed by atoms with E-state index in [1.807, 2.05) is 43.3 Å². The van der Waals surface area contributed by atoms with E-state index in [9.17, 15) is 4.79 Å². The zero-order valence-corrected chi connectivity index (χ0v) is 15.6. The number of hydrogen-bond donors (Lipinski definition) is 1. The van der Waals surface area contributed by atoms with Crippen molar-refractivity contribution in [3.63, 3.8) is 0 Å². The Hall–Kier alpha value is -3.15. The predicted molar refractivity (Wildman–Crippen MR) is 104 cm³/mol. The van der Waals surface area contributed by atoms with Crippen LogP contribution in [0.5, 0.6) is 5.75 Å². The smallest absolute Gasteiger partial charge is 0.262 e. The summed E-state index contributed by atoms with van der Waals surface area (Å²) in [6.07, 6.45) is 2.90. The molecule has 0 aliphatic carbocycles. The predicted octanol–water partition coefficient (Wildman–Crippen LogP) is 4.41. The van der Waals surface area contributed by atoms with Crippen molar-refractivity contribution in [3.8, 4) is 17.1 Å². The van der Waals surface area contributed by atoms with Gasteiger partial charge in [-0.2, -0.15) is 4.98 Å². The highest BCUT2D eigenvalue weighted by atomic mass is 16.5. The highest BCUT2D eigenvalue weighted by Crippen LogP contribution is 2.20. The molecule has 0 fully saturated rings. The summed E-state index contributed by atoms with van der Waals surface area (Å²) in [6.45, 7) is 4.06. The number of anilines is 1. The minimum Gasteiger partial charge on any atom is -0.484 e. The van der Waals surface area contributed by atoms with Crippen molar-refractivity contribution in [1.29, 1.82) is 0 Å². The monoisotopic (exact) mass is 365 g/mol. The van der Waals surface area contributed by atoms with Crippen LogP contribution < -0.4 is 10.1 Å². The molecule has 3 rings (SSSR count). The largest absolute Gasteiger partial charge is 0.484 e. The third-order valence-corrected chi connectivity index (χ3v) is 4.03. The van der Waals surface area contributed by atoms with Gasteiger partial charge < -0.3 is 14.6 Å². The van der Waals surface area contributed by atoms with Crippen LogP contribution in [-0.2, 0) is 11.2 Å². The second-order valence-corrected chi connectivity index (χ2v) is 6.34. The molecule has 6 nitrogen and oxygen atoms in total. The summed E-state index contributed by atoms with van der Waals surface area (Å²) in [6, 6.07) is 14.9. The Morgan fingerprint density at radius 3 is 2.56 bits per heavy atom. The zero-order chi connectivity index (χ0) is 19.1. The van der Waals surface area contributed by atoms with Crippen molar-refractivity contribution >= 4 is 11.6 Å². The molecule has 1 amide bonds. The maximum Gasteiger partial charge on any atom is 0.262 e. The average molecular weight is 365 g/mol. The van der Waals surface area contributed by atoms with E-state index >= 15 is 0 Å². The van der Waals surface area contributed by atoms with Gasteiger partial charge in [-0.15, -0.1) is 0 Å². The van der Waals surface area contributed by atoms with E-state index in [1.54, 1.807) is 12.1 Å². The lowest BCUT2D eigenvalue weighted by molar-refractivity contribution is -0.118. The van der Waals surface area contributed by atoms with Crippen LogP contribution in [0.2, 0.25) is 0 Å². The number of nitrogens with zero attached hydrogens (tertiary/aromatic N) is 2. The van der Waals surface area contributed by atoms with Gasteiger partial charge >= 0.3 is 0 Å². The maximum absolute atomic E-state index is 12.0. The molecule has 1 heterocycles. The Morgan fingerprint density at radius 2 is 1.85 bits per heavy atom. The van der Waals surface area contributed by atoms with Crippen molar-refractivity contribution in [3.05, 3.63) is 60.0 Å². The van der Waals surface area contributed by atoms with Gasteiger partial charge in [0, 0.05) is 17.7 Å². The topological polar surface area (TPSA) is 77.2 Å². The minimum atomic E-state index is -0.207. The van der Waals surface area contributed by atoms with Gasteiger partial charge in [0.2, 0.25) is 11.7 Å². The van der Waals surface area contributed by atoms with Gasteiger partial charge in [0.1, 0.15) is 5.75 Å². The molecule has 0 spiro atoms. The summed E-state index contributed by atoms with van der Waals surface area (Å²) in [5, 5.41) is 6.80. The molecule has 27 heavy (non-hydrogen) atoms. The SMILES string of the molecule is CCCCc1nc(-c2ccc(OCC(=O)Nc3ccc(C)cc3)cc2)no1. The van der Waals surface area contributed by atoms with Gasteiger partial charge in [0.15, 0.2) is 6.61 Å². The summed E-state index contributed by atoms with van der Waals surface area (Å²) in [5.41, 5.74) is 2.74. The molecule has 0 unspecified atom stereocenters. The molecule has 140 valence electrons. The number of carbonyl (C=O) groups is 1. The highest BCUT2D eigenvalue weighted by Gasteiger charge is 2.09. The second kappa shape index (κ2) is 8.98. The Kier molecular flexibility index (Phi) is 6.20. The maximum atomic E-state index is 12.0. The summed E-state index contributed by atoms with van der Waals surface area (Å²) in [7, 11) is 0. The average Bonchev–Trinajstić information content (AvgIpc) is 3.16. The van der Waals surface area contributed by atoms with Crippen LogP contribution in [0.4, 0.5) is 5.69 Å². The number of amides is 1. The summed E-state index contributed by atoms with van der Waals surface area (Å²) in [5.74, 6) is 1.61. The third-order valence-electron chi connectivity index (χ3n) is 4.03. The molecule has 1 aromatic heterocycles. The molecule has 2 aromatic carbocycles. The molecule has 0 radical (unpaired) electrons. The highest BCUT2D eigenvalue weighted by molar-refractivity contribution is 5.91. The van der Waals surface area contributed by atoms with E-state index in [2.05, 4.69) is 22.4 Å². The molecule has 0 saturated carbocycles. The normalized spacial score (nSPS) is 10.6.